The molecule has 3 aliphatic rings. The van der Waals surface area contributed by atoms with Crippen molar-refractivity contribution in [2.24, 2.45) is 0 Å². The van der Waals surface area contributed by atoms with E-state index in [4.69, 9.17) is 9.84 Å². The zero-order valence-corrected chi connectivity index (χ0v) is 31.2. The van der Waals surface area contributed by atoms with Crippen LogP contribution in [0.5, 0.6) is 0 Å². The van der Waals surface area contributed by atoms with Gasteiger partial charge in [-0.25, -0.2) is 9.59 Å². The van der Waals surface area contributed by atoms with Gasteiger partial charge in [0, 0.05) is 19.0 Å². The average Bonchev–Trinajstić information content (AvgIpc) is 3.96. The Kier molecular flexibility index (Phi) is 14.6. The number of aliphatic carboxylic acids is 3. The zero-order valence-electron chi connectivity index (χ0n) is 31.2. The van der Waals surface area contributed by atoms with Gasteiger partial charge in [0.25, 0.3) is 0 Å². The Balaban J connectivity index is 1.16. The Morgan fingerprint density at radius 1 is 0.754 bits per heavy atom. The van der Waals surface area contributed by atoms with Crippen molar-refractivity contribution in [1.29, 1.82) is 0 Å². The molecule has 0 saturated carbocycles. The molecule has 0 bridgehead atoms. The first-order valence-corrected chi connectivity index (χ1v) is 19.0. The number of hydrogen-bond donors (Lipinski definition) is 8. The van der Waals surface area contributed by atoms with Crippen molar-refractivity contribution in [3.8, 4) is 11.1 Å². The third kappa shape index (κ3) is 11.1. The topological polar surface area (TPSA) is 270 Å². The number of nitrogens with zero attached hydrogens (tertiary/aromatic N) is 1. The van der Waals surface area contributed by atoms with Crippen molar-refractivity contribution in [3.05, 3.63) is 59.7 Å². The molecule has 0 unspecified atom stereocenters. The first-order chi connectivity index (χ1) is 27.3. The number of carboxylic acids is 3. The lowest BCUT2D eigenvalue weighted by atomic mass is 9.98. The highest BCUT2D eigenvalue weighted by atomic mass is 16.5. The van der Waals surface area contributed by atoms with Crippen molar-refractivity contribution < 1.29 is 58.4 Å². The second kappa shape index (κ2) is 19.7. The molecular formula is C39H48N6O12. The minimum atomic E-state index is -1.89. The predicted molar refractivity (Wildman–Crippen MR) is 201 cm³/mol. The minimum Gasteiger partial charge on any atom is -0.481 e. The summed E-state index contributed by atoms with van der Waals surface area (Å²) in [5, 5.41) is 40.6. The van der Waals surface area contributed by atoms with Crippen LogP contribution < -0.4 is 26.6 Å². The Labute approximate surface area is 328 Å². The lowest BCUT2D eigenvalue weighted by Crippen LogP contribution is -2.58. The molecule has 2 aromatic rings. The van der Waals surface area contributed by atoms with Crippen LogP contribution in [0.4, 0.5) is 4.79 Å². The monoisotopic (exact) mass is 792 g/mol. The molecule has 18 heteroatoms. The number of unbranched alkanes of at least 4 members (excludes halogenated alkanes) is 1. The van der Waals surface area contributed by atoms with Crippen LogP contribution in [0.1, 0.15) is 74.8 Å². The van der Waals surface area contributed by atoms with Crippen molar-refractivity contribution >= 4 is 47.6 Å². The highest BCUT2D eigenvalue weighted by Gasteiger charge is 2.40. The number of likely N-dealkylation sites (tertiary alicyclic amines) is 1. The maximum atomic E-state index is 14.0. The standard InChI is InChI=1S/C39H48N6O12/c46-32(47)19-29(35(51)44-30(38(54)55)20-33(48)49)43-36(52)31-15-8-18-45(31)37(53)28(42-34(50)27-14-7-17-40-27)13-5-6-16-41-39(56)57-21-26-24-11-3-1-9-22(24)23-10-2-4-12-25(23)26/h1-4,9-12,26-31,40H,5-8,13-21H2,(H,41,56)(H,42,50)(H,43,52)(H,44,51)(H,46,47)(H,48,49)(H,54,55)/t27-,28-,29-,30-,31-/m0/s1. The van der Waals surface area contributed by atoms with Crippen molar-refractivity contribution in [2.45, 2.75) is 93.9 Å². The Morgan fingerprint density at radius 3 is 2.00 bits per heavy atom. The van der Waals surface area contributed by atoms with E-state index in [1.165, 1.54) is 4.90 Å². The van der Waals surface area contributed by atoms with E-state index in [1.54, 1.807) is 0 Å². The van der Waals surface area contributed by atoms with Crippen molar-refractivity contribution in [3.63, 3.8) is 0 Å². The SMILES string of the molecule is O=C(O)C[C@H](NC(=O)[C@H](CC(=O)O)NC(=O)[C@@H]1CCCN1C(=O)[C@H](CCCCNC(=O)OCC1c2ccccc2-c2ccccc21)NC(=O)[C@@H]1CCCN1)C(=O)O. The maximum absolute atomic E-state index is 14.0. The first kappa shape index (κ1) is 42.1. The largest absolute Gasteiger partial charge is 0.481 e. The van der Waals surface area contributed by atoms with E-state index < -0.39 is 84.8 Å². The first-order valence-electron chi connectivity index (χ1n) is 19.0. The zero-order chi connectivity index (χ0) is 41.1. The van der Waals surface area contributed by atoms with E-state index in [0.717, 1.165) is 28.7 Å². The van der Waals surface area contributed by atoms with Gasteiger partial charge in [-0.3, -0.25) is 28.8 Å². The molecule has 2 saturated heterocycles. The molecule has 0 spiro atoms. The van der Waals surface area contributed by atoms with Crippen LogP contribution in [0, 0.1) is 0 Å². The summed E-state index contributed by atoms with van der Waals surface area (Å²) in [5.74, 6) is -7.84. The summed E-state index contributed by atoms with van der Waals surface area (Å²) in [5.41, 5.74) is 4.39. The van der Waals surface area contributed by atoms with Gasteiger partial charge in [0.05, 0.1) is 18.9 Å². The number of carbonyl (C=O) groups excluding carboxylic acids is 5. The van der Waals surface area contributed by atoms with Gasteiger partial charge in [-0.2, -0.15) is 0 Å². The molecule has 18 nitrogen and oxygen atoms in total. The fourth-order valence-corrected chi connectivity index (χ4v) is 7.55. The number of carbonyl (C=O) groups is 8. The smallest absolute Gasteiger partial charge is 0.407 e. The number of ether oxygens (including phenoxy) is 1. The van der Waals surface area contributed by atoms with Gasteiger partial charge in [0.1, 0.15) is 30.8 Å². The molecule has 2 aliphatic heterocycles. The number of benzene rings is 2. The van der Waals surface area contributed by atoms with Gasteiger partial charge >= 0.3 is 24.0 Å². The lowest BCUT2D eigenvalue weighted by Gasteiger charge is -2.30. The van der Waals surface area contributed by atoms with Crippen molar-refractivity contribution in [2.75, 3.05) is 26.2 Å². The number of hydrogen-bond acceptors (Lipinski definition) is 10. The average molecular weight is 793 g/mol. The fraction of sp³-hybridized carbons (Fsp3) is 0.487. The summed E-state index contributed by atoms with van der Waals surface area (Å²) in [6, 6.07) is 9.63. The van der Waals surface area contributed by atoms with E-state index in [1.807, 2.05) is 53.8 Å². The predicted octanol–water partition coefficient (Wildman–Crippen LogP) is 0.927. The van der Waals surface area contributed by atoms with Crippen LogP contribution in [0.3, 0.4) is 0 Å². The number of amides is 5. The normalized spacial score (nSPS) is 18.6. The summed E-state index contributed by atoms with van der Waals surface area (Å²) >= 11 is 0. The van der Waals surface area contributed by atoms with E-state index in [9.17, 15) is 48.6 Å². The molecule has 1 aliphatic carbocycles. The third-order valence-corrected chi connectivity index (χ3v) is 10.4. The van der Waals surface area contributed by atoms with Crippen LogP contribution in [-0.4, -0.2) is 124 Å². The summed E-state index contributed by atoms with van der Waals surface area (Å²) in [4.78, 5) is 102. The number of carboxylic acid groups (broad SMARTS) is 3. The van der Waals surface area contributed by atoms with Crippen LogP contribution >= 0.6 is 0 Å². The van der Waals surface area contributed by atoms with Gasteiger partial charge in [-0.1, -0.05) is 48.5 Å². The number of alkyl carbamates (subject to hydrolysis) is 1. The molecule has 8 N–H and O–H groups in total. The number of nitrogens with one attached hydrogen (secondary N) is 5. The molecule has 5 rings (SSSR count). The molecule has 2 heterocycles. The lowest BCUT2D eigenvalue weighted by molar-refractivity contribution is -0.148. The molecule has 0 aromatic heterocycles. The molecule has 5 atom stereocenters. The fourth-order valence-electron chi connectivity index (χ4n) is 7.55. The van der Waals surface area contributed by atoms with Crippen LogP contribution in [0.15, 0.2) is 48.5 Å². The minimum absolute atomic E-state index is 0.0993. The van der Waals surface area contributed by atoms with Crippen LogP contribution in [-0.2, 0) is 38.3 Å². The second-order valence-corrected chi connectivity index (χ2v) is 14.3. The van der Waals surface area contributed by atoms with E-state index >= 15 is 0 Å². The quantitative estimate of drug-likeness (QED) is 0.0922. The highest BCUT2D eigenvalue weighted by Crippen LogP contribution is 2.44. The molecular weight excluding hydrogens is 744 g/mol. The van der Waals surface area contributed by atoms with Gasteiger partial charge in [0.15, 0.2) is 0 Å². The summed E-state index contributed by atoms with van der Waals surface area (Å²) in [6.45, 7) is 1.15. The van der Waals surface area contributed by atoms with Crippen LogP contribution in [0.25, 0.3) is 11.1 Å². The van der Waals surface area contributed by atoms with E-state index in [0.29, 0.717) is 32.2 Å². The van der Waals surface area contributed by atoms with Gasteiger partial charge in [-0.05, 0) is 73.7 Å². The van der Waals surface area contributed by atoms with E-state index in [-0.39, 0.29) is 44.4 Å². The molecule has 0 radical (unpaired) electrons. The highest BCUT2D eigenvalue weighted by molar-refractivity contribution is 5.97. The Morgan fingerprint density at radius 2 is 1.39 bits per heavy atom. The Bertz CT molecular complexity index is 1800. The molecule has 2 aromatic carbocycles. The molecule has 57 heavy (non-hydrogen) atoms. The molecule has 306 valence electrons. The summed E-state index contributed by atoms with van der Waals surface area (Å²) < 4.78 is 5.60. The van der Waals surface area contributed by atoms with Gasteiger partial charge in [-0.15, -0.1) is 0 Å². The Hall–Kier alpha value is -6.04. The number of rotatable bonds is 19. The van der Waals surface area contributed by atoms with Gasteiger partial charge < -0.3 is 51.5 Å². The maximum Gasteiger partial charge on any atom is 0.407 e. The molecule has 2 fully saturated rings. The third-order valence-electron chi connectivity index (χ3n) is 10.4. The summed E-state index contributed by atoms with van der Waals surface area (Å²) in [6.07, 6.45) is 0.355. The van der Waals surface area contributed by atoms with E-state index in [2.05, 4.69) is 21.3 Å². The summed E-state index contributed by atoms with van der Waals surface area (Å²) in [7, 11) is 0. The number of fused-ring (bicyclic) bond motifs is 3. The van der Waals surface area contributed by atoms with Gasteiger partial charge in [0.2, 0.25) is 23.6 Å². The van der Waals surface area contributed by atoms with Crippen molar-refractivity contribution in [1.82, 2.24) is 31.5 Å². The van der Waals surface area contributed by atoms with Crippen LogP contribution in [0.2, 0.25) is 0 Å². The molecule has 5 amide bonds. The second-order valence-electron chi connectivity index (χ2n) is 14.3.